The third kappa shape index (κ3) is 2.66. The van der Waals surface area contributed by atoms with E-state index in [1.807, 2.05) is 6.92 Å². The quantitative estimate of drug-likeness (QED) is 0.865. The van der Waals surface area contributed by atoms with Crippen LogP contribution in [0.2, 0.25) is 0 Å². The maximum atomic E-state index is 10.9. The first-order chi connectivity index (χ1) is 7.11. The van der Waals surface area contributed by atoms with Crippen molar-refractivity contribution in [3.63, 3.8) is 0 Å². The first kappa shape index (κ1) is 12.4. The van der Waals surface area contributed by atoms with Crippen LogP contribution >= 0.6 is 27.7 Å². The highest BCUT2D eigenvalue weighted by molar-refractivity contribution is 9.10. The van der Waals surface area contributed by atoms with Crippen molar-refractivity contribution in [2.45, 2.75) is 11.8 Å². The number of carboxylic acid groups (broad SMARTS) is 1. The van der Waals surface area contributed by atoms with Gasteiger partial charge < -0.3 is 9.84 Å². The number of carboxylic acids is 1. The van der Waals surface area contributed by atoms with E-state index in [-0.39, 0.29) is 5.56 Å². The SMILES string of the molecule is CCSc1ccc(C(=O)O)c(Br)c1OC. The molecule has 0 radical (unpaired) electrons. The number of benzene rings is 1. The fourth-order valence-corrected chi connectivity index (χ4v) is 2.76. The normalized spacial score (nSPS) is 10.1. The summed E-state index contributed by atoms with van der Waals surface area (Å²) in [5, 5.41) is 8.91. The maximum absolute atomic E-state index is 10.9. The summed E-state index contributed by atoms with van der Waals surface area (Å²) in [6, 6.07) is 3.34. The molecule has 15 heavy (non-hydrogen) atoms. The maximum Gasteiger partial charge on any atom is 0.336 e. The predicted molar refractivity (Wildman–Crippen MR) is 64.1 cm³/mol. The van der Waals surface area contributed by atoms with E-state index in [9.17, 15) is 4.79 Å². The molecule has 0 fully saturated rings. The second kappa shape index (κ2) is 5.42. The first-order valence-corrected chi connectivity index (χ1v) is 6.12. The van der Waals surface area contributed by atoms with Gasteiger partial charge in [0.15, 0.2) is 0 Å². The Kier molecular flexibility index (Phi) is 4.47. The van der Waals surface area contributed by atoms with Gasteiger partial charge >= 0.3 is 5.97 Å². The van der Waals surface area contributed by atoms with Crippen molar-refractivity contribution in [1.29, 1.82) is 0 Å². The molecule has 0 saturated heterocycles. The molecule has 1 aromatic rings. The van der Waals surface area contributed by atoms with Crippen molar-refractivity contribution in [3.05, 3.63) is 22.2 Å². The summed E-state index contributed by atoms with van der Waals surface area (Å²) in [5.41, 5.74) is 0.215. The molecule has 0 aromatic heterocycles. The Morgan fingerprint density at radius 2 is 2.27 bits per heavy atom. The van der Waals surface area contributed by atoms with E-state index in [4.69, 9.17) is 9.84 Å². The zero-order valence-corrected chi connectivity index (χ0v) is 10.8. The van der Waals surface area contributed by atoms with Crippen LogP contribution in [-0.2, 0) is 0 Å². The largest absolute Gasteiger partial charge is 0.494 e. The Balaban J connectivity index is 3.25. The van der Waals surface area contributed by atoms with Gasteiger partial charge in [0.05, 0.1) is 22.0 Å². The van der Waals surface area contributed by atoms with E-state index in [0.717, 1.165) is 10.6 Å². The molecule has 0 heterocycles. The molecule has 0 aliphatic heterocycles. The molecule has 1 aromatic carbocycles. The molecule has 1 N–H and O–H groups in total. The Hall–Kier alpha value is -0.680. The highest BCUT2D eigenvalue weighted by Crippen LogP contribution is 2.37. The molecule has 0 aliphatic carbocycles. The van der Waals surface area contributed by atoms with Crippen LogP contribution in [0.3, 0.4) is 0 Å². The molecule has 5 heteroatoms. The average molecular weight is 291 g/mol. The number of hydrogen-bond acceptors (Lipinski definition) is 3. The van der Waals surface area contributed by atoms with Crippen LogP contribution in [0.4, 0.5) is 0 Å². The van der Waals surface area contributed by atoms with Gasteiger partial charge in [0.2, 0.25) is 0 Å². The van der Waals surface area contributed by atoms with Crippen LogP contribution in [0.15, 0.2) is 21.5 Å². The zero-order chi connectivity index (χ0) is 11.4. The van der Waals surface area contributed by atoms with Gasteiger partial charge in [-0.15, -0.1) is 11.8 Å². The number of methoxy groups -OCH3 is 1. The van der Waals surface area contributed by atoms with Crippen LogP contribution in [0.25, 0.3) is 0 Å². The Bertz CT molecular complexity index is 379. The van der Waals surface area contributed by atoms with Crippen molar-refractivity contribution in [2.75, 3.05) is 12.9 Å². The molecule has 0 spiro atoms. The van der Waals surface area contributed by atoms with E-state index in [1.165, 1.54) is 7.11 Å². The van der Waals surface area contributed by atoms with Crippen LogP contribution in [0, 0.1) is 0 Å². The average Bonchev–Trinajstić information content (AvgIpc) is 2.18. The molecule has 0 amide bonds. The molecule has 0 atom stereocenters. The van der Waals surface area contributed by atoms with E-state index < -0.39 is 5.97 Å². The number of halogens is 1. The van der Waals surface area contributed by atoms with E-state index >= 15 is 0 Å². The molecule has 0 aliphatic rings. The lowest BCUT2D eigenvalue weighted by Crippen LogP contribution is -2.00. The standard InChI is InChI=1S/C10H11BrO3S/c1-3-15-7-5-4-6(10(12)13)8(11)9(7)14-2/h4-5H,3H2,1-2H3,(H,12,13). The lowest BCUT2D eigenvalue weighted by Gasteiger charge is -2.10. The Morgan fingerprint density at radius 1 is 1.60 bits per heavy atom. The minimum Gasteiger partial charge on any atom is -0.494 e. The zero-order valence-electron chi connectivity index (χ0n) is 8.41. The van der Waals surface area contributed by atoms with Gasteiger partial charge in [-0.1, -0.05) is 6.92 Å². The molecule has 0 saturated carbocycles. The summed E-state index contributed by atoms with van der Waals surface area (Å²) in [6.07, 6.45) is 0. The second-order valence-corrected chi connectivity index (χ2v) is 4.80. The summed E-state index contributed by atoms with van der Waals surface area (Å²) in [7, 11) is 1.53. The molecule has 1 rings (SSSR count). The Labute approximate surface area is 101 Å². The van der Waals surface area contributed by atoms with Gasteiger partial charge in [-0.2, -0.15) is 0 Å². The number of thioether (sulfide) groups is 1. The fraction of sp³-hybridized carbons (Fsp3) is 0.300. The van der Waals surface area contributed by atoms with Gasteiger partial charge in [-0.05, 0) is 33.8 Å². The number of ether oxygens (including phenoxy) is 1. The summed E-state index contributed by atoms with van der Waals surface area (Å²) in [6.45, 7) is 2.03. The smallest absolute Gasteiger partial charge is 0.336 e. The molecule has 3 nitrogen and oxygen atoms in total. The predicted octanol–water partition coefficient (Wildman–Crippen LogP) is 3.27. The van der Waals surface area contributed by atoms with Gasteiger partial charge in [0.1, 0.15) is 5.75 Å². The van der Waals surface area contributed by atoms with Gasteiger partial charge in [-0.25, -0.2) is 4.79 Å². The molecule has 0 bridgehead atoms. The van der Waals surface area contributed by atoms with Gasteiger partial charge in [0, 0.05) is 0 Å². The van der Waals surface area contributed by atoms with Crippen LogP contribution in [0.1, 0.15) is 17.3 Å². The van der Waals surface area contributed by atoms with Crippen molar-refractivity contribution in [1.82, 2.24) is 0 Å². The topological polar surface area (TPSA) is 46.5 Å². The summed E-state index contributed by atoms with van der Waals surface area (Å²) in [4.78, 5) is 11.8. The fourth-order valence-electron chi connectivity index (χ4n) is 1.16. The van der Waals surface area contributed by atoms with Crippen molar-refractivity contribution in [2.24, 2.45) is 0 Å². The van der Waals surface area contributed by atoms with Crippen LogP contribution < -0.4 is 4.74 Å². The highest BCUT2D eigenvalue weighted by Gasteiger charge is 2.16. The van der Waals surface area contributed by atoms with Crippen LogP contribution in [0.5, 0.6) is 5.75 Å². The Morgan fingerprint density at radius 3 is 2.73 bits per heavy atom. The third-order valence-electron chi connectivity index (χ3n) is 1.80. The molecular formula is C10H11BrO3S. The lowest BCUT2D eigenvalue weighted by molar-refractivity contribution is 0.0695. The van der Waals surface area contributed by atoms with Gasteiger partial charge in [-0.3, -0.25) is 0 Å². The number of hydrogen-bond donors (Lipinski definition) is 1. The minimum absolute atomic E-state index is 0.215. The van der Waals surface area contributed by atoms with Gasteiger partial charge in [0.25, 0.3) is 0 Å². The number of aromatic carboxylic acids is 1. The summed E-state index contributed by atoms with van der Waals surface area (Å²) < 4.78 is 5.68. The van der Waals surface area contributed by atoms with Crippen molar-refractivity contribution < 1.29 is 14.6 Å². The van der Waals surface area contributed by atoms with Crippen LogP contribution in [-0.4, -0.2) is 23.9 Å². The van der Waals surface area contributed by atoms with Crippen molar-refractivity contribution >= 4 is 33.7 Å². The van der Waals surface area contributed by atoms with E-state index in [0.29, 0.717) is 10.2 Å². The third-order valence-corrected chi connectivity index (χ3v) is 3.50. The number of rotatable bonds is 4. The number of carbonyl (C=O) groups is 1. The molecule has 82 valence electrons. The highest BCUT2D eigenvalue weighted by atomic mass is 79.9. The van der Waals surface area contributed by atoms with E-state index in [1.54, 1.807) is 23.9 Å². The molecule has 0 unspecified atom stereocenters. The minimum atomic E-state index is -0.965. The lowest BCUT2D eigenvalue weighted by atomic mass is 10.2. The first-order valence-electron chi connectivity index (χ1n) is 4.34. The molecular weight excluding hydrogens is 280 g/mol. The van der Waals surface area contributed by atoms with E-state index in [2.05, 4.69) is 15.9 Å². The summed E-state index contributed by atoms with van der Waals surface area (Å²) in [5.74, 6) is 0.532. The summed E-state index contributed by atoms with van der Waals surface area (Å²) >= 11 is 4.86. The van der Waals surface area contributed by atoms with Crippen molar-refractivity contribution in [3.8, 4) is 5.75 Å². The second-order valence-electron chi connectivity index (χ2n) is 2.70. The monoisotopic (exact) mass is 290 g/mol.